The first-order valence-corrected chi connectivity index (χ1v) is 10.1. The molecule has 1 aliphatic carbocycles. The molecule has 1 fully saturated rings. The van der Waals surface area contributed by atoms with Gasteiger partial charge in [-0.05, 0) is 25.8 Å². The Balaban J connectivity index is 1.65. The highest BCUT2D eigenvalue weighted by Gasteiger charge is 2.53. The Morgan fingerprint density at radius 3 is 2.62 bits per heavy atom. The molecule has 1 aromatic carbocycles. The molecule has 3 heterocycles. The molecule has 0 bridgehead atoms. The second-order valence-corrected chi connectivity index (χ2v) is 8.16. The van der Waals surface area contributed by atoms with Crippen LogP contribution in [0.15, 0.2) is 50.7 Å². The van der Waals surface area contributed by atoms with Crippen LogP contribution in [0.4, 0.5) is 19.0 Å². The molecular formula is C22H19F3N4O3. The highest BCUT2D eigenvalue weighted by Crippen LogP contribution is 2.48. The van der Waals surface area contributed by atoms with E-state index in [-0.39, 0.29) is 29.4 Å². The Morgan fingerprint density at radius 2 is 1.94 bits per heavy atom. The highest BCUT2D eigenvalue weighted by molar-refractivity contribution is 5.90. The molecule has 7 nitrogen and oxygen atoms in total. The summed E-state index contributed by atoms with van der Waals surface area (Å²) in [5, 5.41) is 8.08. The van der Waals surface area contributed by atoms with Crippen molar-refractivity contribution in [2.24, 2.45) is 7.05 Å². The maximum absolute atomic E-state index is 13.9. The van der Waals surface area contributed by atoms with Crippen LogP contribution in [0, 0.1) is 5.82 Å². The number of aryl methyl sites for hydroxylation is 1. The van der Waals surface area contributed by atoms with Crippen LogP contribution in [0.3, 0.4) is 0 Å². The Morgan fingerprint density at radius 1 is 1.19 bits per heavy atom. The lowest BCUT2D eigenvalue weighted by atomic mass is 10.1. The van der Waals surface area contributed by atoms with Crippen LogP contribution in [0.2, 0.25) is 0 Å². The molecule has 0 aliphatic heterocycles. The van der Waals surface area contributed by atoms with Gasteiger partial charge in [-0.1, -0.05) is 12.1 Å². The number of rotatable bonds is 5. The highest BCUT2D eigenvalue weighted by atomic mass is 19.3. The summed E-state index contributed by atoms with van der Waals surface area (Å²) in [5.41, 5.74) is -1.71. The van der Waals surface area contributed by atoms with Crippen LogP contribution in [0.5, 0.6) is 0 Å². The summed E-state index contributed by atoms with van der Waals surface area (Å²) in [6.07, 6.45) is -0.0372. The summed E-state index contributed by atoms with van der Waals surface area (Å²) in [6, 6.07) is 5.70. The summed E-state index contributed by atoms with van der Waals surface area (Å²) < 4.78 is 48.7. The number of nitrogens with zero attached hydrogens (tertiary/aromatic N) is 3. The van der Waals surface area contributed by atoms with Gasteiger partial charge in [-0.15, -0.1) is 0 Å². The SMILES string of the molecule is C[C@@H](Nc1nn(C)c(=O)c2cc(=O)n(C3(C(F)F)CC3)cc12)c1cccc2c(F)coc12. The van der Waals surface area contributed by atoms with E-state index in [1.165, 1.54) is 13.2 Å². The van der Waals surface area contributed by atoms with Crippen LogP contribution in [0.25, 0.3) is 21.7 Å². The van der Waals surface area contributed by atoms with Crippen molar-refractivity contribution in [1.82, 2.24) is 14.3 Å². The minimum atomic E-state index is -2.71. The third-order valence-electron chi connectivity index (χ3n) is 6.13. The summed E-state index contributed by atoms with van der Waals surface area (Å²) in [6.45, 7) is 1.80. The number of aromatic nitrogens is 3. The van der Waals surface area contributed by atoms with Crippen LogP contribution in [-0.4, -0.2) is 20.8 Å². The smallest absolute Gasteiger partial charge is 0.274 e. The molecule has 0 amide bonds. The number of pyridine rings is 1. The van der Waals surface area contributed by atoms with Crippen molar-refractivity contribution in [1.29, 1.82) is 0 Å². The second kappa shape index (κ2) is 6.98. The number of hydrogen-bond acceptors (Lipinski definition) is 5. The molecule has 4 aromatic rings. The van der Waals surface area contributed by atoms with Gasteiger partial charge in [0.1, 0.15) is 17.4 Å². The zero-order valence-electron chi connectivity index (χ0n) is 17.2. The molecule has 0 spiro atoms. The van der Waals surface area contributed by atoms with Crippen molar-refractivity contribution in [2.75, 3.05) is 5.32 Å². The van der Waals surface area contributed by atoms with Crippen molar-refractivity contribution in [3.05, 3.63) is 68.8 Å². The number of nitrogens with one attached hydrogen (secondary N) is 1. The molecule has 5 rings (SSSR count). The molecule has 1 atom stereocenters. The molecule has 0 saturated heterocycles. The minimum Gasteiger partial charge on any atom is -0.461 e. The third kappa shape index (κ3) is 2.93. The Labute approximate surface area is 179 Å². The number of benzene rings is 1. The zero-order valence-corrected chi connectivity index (χ0v) is 17.2. The largest absolute Gasteiger partial charge is 0.461 e. The van der Waals surface area contributed by atoms with Gasteiger partial charge in [0, 0.05) is 30.3 Å². The minimum absolute atomic E-state index is 0.0748. The van der Waals surface area contributed by atoms with E-state index in [1.54, 1.807) is 25.1 Å². The number of hydrogen-bond donors (Lipinski definition) is 1. The van der Waals surface area contributed by atoms with E-state index >= 15 is 0 Å². The first-order chi connectivity index (χ1) is 15.2. The number of furan rings is 1. The molecule has 3 aromatic heterocycles. The third-order valence-corrected chi connectivity index (χ3v) is 6.13. The molecule has 1 aliphatic rings. The van der Waals surface area contributed by atoms with Gasteiger partial charge in [-0.2, -0.15) is 5.10 Å². The Kier molecular flexibility index (Phi) is 4.44. The number of para-hydroxylation sites is 1. The predicted molar refractivity (Wildman–Crippen MR) is 113 cm³/mol. The van der Waals surface area contributed by atoms with E-state index in [0.717, 1.165) is 21.6 Å². The fourth-order valence-electron chi connectivity index (χ4n) is 4.14. The molecule has 1 N–H and O–H groups in total. The van der Waals surface area contributed by atoms with E-state index in [4.69, 9.17) is 4.42 Å². The molecule has 10 heteroatoms. The van der Waals surface area contributed by atoms with Crippen molar-refractivity contribution in [2.45, 2.75) is 37.8 Å². The van der Waals surface area contributed by atoms with Crippen LogP contribution in [0.1, 0.15) is 31.4 Å². The van der Waals surface area contributed by atoms with Crippen molar-refractivity contribution in [3.63, 3.8) is 0 Å². The van der Waals surface area contributed by atoms with Crippen LogP contribution in [-0.2, 0) is 12.6 Å². The fraction of sp³-hybridized carbons (Fsp3) is 0.318. The summed E-state index contributed by atoms with van der Waals surface area (Å²) in [4.78, 5) is 25.2. The van der Waals surface area contributed by atoms with E-state index in [1.807, 2.05) is 0 Å². The standard InChI is InChI=1S/C22H19F3N4O3/c1-11(12-4-3-5-13-16(23)10-32-18(12)13)26-19-15-9-29(22(6-7-22)21(24)25)17(30)8-14(15)20(31)28(2)27-19/h3-5,8-11,21H,6-7H2,1-2H3,(H,26,27)/t11-/m1/s1. The fourth-order valence-corrected chi connectivity index (χ4v) is 4.14. The second-order valence-electron chi connectivity index (χ2n) is 8.16. The van der Waals surface area contributed by atoms with Crippen LogP contribution >= 0.6 is 0 Å². The first kappa shape index (κ1) is 20.3. The summed E-state index contributed by atoms with van der Waals surface area (Å²) >= 11 is 0. The van der Waals surface area contributed by atoms with Crippen LogP contribution < -0.4 is 16.4 Å². The molecule has 0 unspecified atom stereocenters. The Hall–Kier alpha value is -3.56. The quantitative estimate of drug-likeness (QED) is 0.505. The zero-order chi connectivity index (χ0) is 22.8. The van der Waals surface area contributed by atoms with Gasteiger partial charge in [0.05, 0.1) is 16.8 Å². The molecule has 1 saturated carbocycles. The molecular weight excluding hydrogens is 425 g/mol. The molecule has 0 radical (unpaired) electrons. The maximum atomic E-state index is 13.9. The lowest BCUT2D eigenvalue weighted by molar-refractivity contribution is 0.0654. The van der Waals surface area contributed by atoms with E-state index in [2.05, 4.69) is 10.4 Å². The topological polar surface area (TPSA) is 82.1 Å². The van der Waals surface area contributed by atoms with Gasteiger partial charge in [-0.25, -0.2) is 17.9 Å². The van der Waals surface area contributed by atoms with Crippen molar-refractivity contribution < 1.29 is 17.6 Å². The first-order valence-electron chi connectivity index (χ1n) is 10.1. The lowest BCUT2D eigenvalue weighted by Crippen LogP contribution is -2.36. The Bertz CT molecular complexity index is 1480. The van der Waals surface area contributed by atoms with E-state index < -0.39 is 34.9 Å². The predicted octanol–water partition coefficient (Wildman–Crippen LogP) is 3.91. The number of fused-ring (bicyclic) bond motifs is 2. The molecule has 166 valence electrons. The molecule has 32 heavy (non-hydrogen) atoms. The van der Waals surface area contributed by atoms with Gasteiger partial charge in [0.2, 0.25) is 0 Å². The lowest BCUT2D eigenvalue weighted by Gasteiger charge is -2.21. The van der Waals surface area contributed by atoms with Gasteiger partial charge in [0.25, 0.3) is 17.5 Å². The monoisotopic (exact) mass is 444 g/mol. The van der Waals surface area contributed by atoms with Gasteiger partial charge >= 0.3 is 0 Å². The van der Waals surface area contributed by atoms with E-state index in [0.29, 0.717) is 16.5 Å². The average molecular weight is 444 g/mol. The normalized spacial score (nSPS) is 16.1. The van der Waals surface area contributed by atoms with E-state index in [9.17, 15) is 22.8 Å². The number of alkyl halides is 2. The van der Waals surface area contributed by atoms with Crippen molar-refractivity contribution in [3.8, 4) is 0 Å². The summed E-state index contributed by atoms with van der Waals surface area (Å²) in [7, 11) is 1.44. The number of anilines is 1. The van der Waals surface area contributed by atoms with Gasteiger partial charge < -0.3 is 14.3 Å². The van der Waals surface area contributed by atoms with Crippen molar-refractivity contribution >= 4 is 27.6 Å². The summed E-state index contributed by atoms with van der Waals surface area (Å²) in [5.74, 6) is -0.247. The van der Waals surface area contributed by atoms with Gasteiger partial charge in [-0.3, -0.25) is 9.59 Å². The van der Waals surface area contributed by atoms with Gasteiger partial charge in [0.15, 0.2) is 11.6 Å². The average Bonchev–Trinajstić information content (AvgIpc) is 3.49. The number of halogens is 3. The maximum Gasteiger partial charge on any atom is 0.274 e.